The summed E-state index contributed by atoms with van der Waals surface area (Å²) in [6.07, 6.45) is -3.59. The Morgan fingerprint density at radius 1 is 1.05 bits per heavy atom. The first-order valence-electron chi connectivity index (χ1n) is 10.9. The van der Waals surface area contributed by atoms with E-state index in [0.29, 0.717) is 27.4 Å². The predicted octanol–water partition coefficient (Wildman–Crippen LogP) is 5.03. The minimum absolute atomic E-state index is 0.217. The number of carbonyl (C=O) groups excluding carboxylic acids is 1. The van der Waals surface area contributed by atoms with Gasteiger partial charge in [-0.05, 0) is 49.4 Å². The summed E-state index contributed by atoms with van der Waals surface area (Å²) in [6.45, 7) is 0.873. The topological polar surface area (TPSA) is 97.3 Å². The molecule has 3 aromatic rings. The van der Waals surface area contributed by atoms with E-state index in [1.54, 1.807) is 25.1 Å². The van der Waals surface area contributed by atoms with Crippen molar-refractivity contribution >= 4 is 39.4 Å². The number of hydrogen-bond acceptors (Lipinski definition) is 6. The molecule has 8 nitrogen and oxygen atoms in total. The van der Waals surface area contributed by atoms with Gasteiger partial charge in [-0.25, -0.2) is 13.8 Å². The maximum atomic E-state index is 13.5. The summed E-state index contributed by atoms with van der Waals surface area (Å²) < 4.78 is 78.2. The second-order valence-corrected chi connectivity index (χ2v) is 10.2. The van der Waals surface area contributed by atoms with Gasteiger partial charge in [0.25, 0.3) is 15.9 Å². The van der Waals surface area contributed by atoms with Gasteiger partial charge in [0.1, 0.15) is 18.0 Å². The Balaban J connectivity index is 1.94. The van der Waals surface area contributed by atoms with Gasteiger partial charge in [0.2, 0.25) is 0 Å². The summed E-state index contributed by atoms with van der Waals surface area (Å²) in [5.74, 6) is 0.0147. The highest BCUT2D eigenvalue weighted by molar-refractivity contribution is 7.92. The number of benzene rings is 3. The molecule has 0 unspecified atom stereocenters. The van der Waals surface area contributed by atoms with E-state index in [2.05, 4.69) is 10.5 Å². The van der Waals surface area contributed by atoms with Crippen LogP contribution in [0.4, 0.5) is 18.9 Å². The Labute approximate surface area is 222 Å². The Kier molecular flexibility index (Phi) is 8.89. The van der Waals surface area contributed by atoms with E-state index in [-0.39, 0.29) is 4.90 Å². The quantitative estimate of drug-likeness (QED) is 0.288. The molecular weight excluding hydrogens is 547 g/mol. The molecule has 3 aromatic carbocycles. The van der Waals surface area contributed by atoms with Crippen molar-refractivity contribution in [3.63, 3.8) is 0 Å². The van der Waals surface area contributed by atoms with Crippen LogP contribution < -0.4 is 19.2 Å². The number of aryl methyl sites for hydroxylation is 1. The van der Waals surface area contributed by atoms with Gasteiger partial charge in [0.15, 0.2) is 0 Å². The largest absolute Gasteiger partial charge is 0.497 e. The average molecular weight is 570 g/mol. The van der Waals surface area contributed by atoms with E-state index < -0.39 is 44.9 Å². The zero-order valence-corrected chi connectivity index (χ0v) is 22.0. The molecule has 202 valence electrons. The van der Waals surface area contributed by atoms with E-state index in [1.165, 1.54) is 44.7 Å². The standard InChI is InChI=1S/C25H23ClF3N3O5S/c1-16-4-9-20(10-5-16)38(34,35)32(18-7-11-22(26)21(12-18)25(27,28)29)15-24(33)31-30-14-17-6-8-19(36-2)13-23(17)37-3/h4-14H,15H2,1-3H3,(H,31,33)/b30-14-. The summed E-state index contributed by atoms with van der Waals surface area (Å²) in [5.41, 5.74) is 1.78. The molecule has 3 rings (SSSR count). The Morgan fingerprint density at radius 3 is 2.34 bits per heavy atom. The zero-order valence-electron chi connectivity index (χ0n) is 20.4. The minimum atomic E-state index is -4.85. The smallest absolute Gasteiger partial charge is 0.417 e. The highest BCUT2D eigenvalue weighted by Gasteiger charge is 2.35. The van der Waals surface area contributed by atoms with Gasteiger partial charge in [-0.2, -0.15) is 18.3 Å². The van der Waals surface area contributed by atoms with Crippen molar-refractivity contribution in [2.45, 2.75) is 18.0 Å². The summed E-state index contributed by atoms with van der Waals surface area (Å²) in [5, 5.41) is 3.21. The van der Waals surface area contributed by atoms with Gasteiger partial charge in [-0.3, -0.25) is 9.10 Å². The molecule has 13 heteroatoms. The van der Waals surface area contributed by atoms with Gasteiger partial charge < -0.3 is 9.47 Å². The van der Waals surface area contributed by atoms with Crippen molar-refractivity contribution < 1.29 is 35.9 Å². The van der Waals surface area contributed by atoms with E-state index in [4.69, 9.17) is 21.1 Å². The van der Waals surface area contributed by atoms with E-state index in [0.717, 1.165) is 17.7 Å². The van der Waals surface area contributed by atoms with Crippen LogP contribution in [0, 0.1) is 6.92 Å². The molecule has 0 aliphatic heterocycles. The Hall–Kier alpha value is -3.77. The number of methoxy groups -OCH3 is 2. The van der Waals surface area contributed by atoms with Crippen LogP contribution in [0.2, 0.25) is 5.02 Å². The summed E-state index contributed by atoms with van der Waals surface area (Å²) in [6, 6.07) is 13.1. The third-order valence-corrected chi connectivity index (χ3v) is 7.39. The lowest BCUT2D eigenvalue weighted by atomic mass is 10.2. The molecule has 1 N–H and O–H groups in total. The Bertz CT molecular complexity index is 1450. The molecule has 1 amide bonds. The number of ether oxygens (including phenoxy) is 2. The first-order valence-corrected chi connectivity index (χ1v) is 12.7. The van der Waals surface area contributed by atoms with Gasteiger partial charge in [0, 0.05) is 11.6 Å². The van der Waals surface area contributed by atoms with Crippen LogP contribution in [0.1, 0.15) is 16.7 Å². The summed E-state index contributed by atoms with van der Waals surface area (Å²) in [7, 11) is -1.55. The van der Waals surface area contributed by atoms with Crippen LogP contribution in [0.25, 0.3) is 0 Å². The van der Waals surface area contributed by atoms with Gasteiger partial charge in [0.05, 0.1) is 41.6 Å². The number of halogens is 4. The number of alkyl halides is 3. The monoisotopic (exact) mass is 569 g/mol. The number of nitrogens with zero attached hydrogens (tertiary/aromatic N) is 2. The molecule has 0 saturated carbocycles. The van der Waals surface area contributed by atoms with Crippen LogP contribution >= 0.6 is 11.6 Å². The Morgan fingerprint density at radius 2 is 1.74 bits per heavy atom. The third-order valence-electron chi connectivity index (χ3n) is 5.27. The van der Waals surface area contributed by atoms with Crippen molar-refractivity contribution in [3.05, 3.63) is 82.4 Å². The molecule has 38 heavy (non-hydrogen) atoms. The lowest BCUT2D eigenvalue weighted by molar-refractivity contribution is -0.137. The first-order chi connectivity index (χ1) is 17.9. The summed E-state index contributed by atoms with van der Waals surface area (Å²) in [4.78, 5) is 12.5. The fourth-order valence-corrected chi connectivity index (χ4v) is 4.94. The van der Waals surface area contributed by atoms with Crippen LogP contribution in [-0.4, -0.2) is 41.3 Å². The number of sulfonamides is 1. The number of carbonyl (C=O) groups is 1. The minimum Gasteiger partial charge on any atom is -0.497 e. The summed E-state index contributed by atoms with van der Waals surface area (Å²) >= 11 is 5.71. The molecule has 0 atom stereocenters. The fourth-order valence-electron chi connectivity index (χ4n) is 3.30. The maximum absolute atomic E-state index is 13.5. The molecule has 0 bridgehead atoms. The molecule has 0 saturated heterocycles. The highest BCUT2D eigenvalue weighted by atomic mass is 35.5. The lowest BCUT2D eigenvalue weighted by Crippen LogP contribution is -2.39. The van der Waals surface area contributed by atoms with Crippen LogP contribution in [-0.2, 0) is 21.0 Å². The van der Waals surface area contributed by atoms with Crippen LogP contribution in [0.15, 0.2) is 70.7 Å². The number of rotatable bonds is 9. The van der Waals surface area contributed by atoms with Crippen molar-refractivity contribution in [2.24, 2.45) is 5.10 Å². The SMILES string of the molecule is COc1ccc(/C=N\NC(=O)CN(c2ccc(Cl)c(C(F)(F)F)c2)S(=O)(=O)c2ccc(C)cc2)c(OC)c1. The molecule has 0 aliphatic rings. The van der Waals surface area contributed by atoms with Crippen molar-refractivity contribution in [1.29, 1.82) is 0 Å². The second-order valence-electron chi connectivity index (χ2n) is 7.89. The van der Waals surface area contributed by atoms with E-state index in [1.807, 2.05) is 0 Å². The van der Waals surface area contributed by atoms with Gasteiger partial charge >= 0.3 is 6.18 Å². The first kappa shape index (κ1) is 28.8. The highest BCUT2D eigenvalue weighted by Crippen LogP contribution is 2.38. The van der Waals surface area contributed by atoms with Crippen molar-refractivity contribution in [2.75, 3.05) is 25.1 Å². The fraction of sp³-hybridized carbons (Fsp3) is 0.200. The number of nitrogens with one attached hydrogen (secondary N) is 1. The normalized spacial score (nSPS) is 11.9. The number of hydrogen-bond donors (Lipinski definition) is 1. The number of hydrazone groups is 1. The molecule has 0 radical (unpaired) electrons. The van der Waals surface area contributed by atoms with Crippen molar-refractivity contribution in [3.8, 4) is 11.5 Å². The van der Waals surface area contributed by atoms with Crippen LogP contribution in [0.3, 0.4) is 0 Å². The van der Waals surface area contributed by atoms with Crippen molar-refractivity contribution in [1.82, 2.24) is 5.43 Å². The molecule has 0 spiro atoms. The molecular formula is C25H23ClF3N3O5S. The second kappa shape index (κ2) is 11.7. The molecule has 0 aliphatic carbocycles. The lowest BCUT2D eigenvalue weighted by Gasteiger charge is -2.25. The van der Waals surface area contributed by atoms with Gasteiger partial charge in [-0.1, -0.05) is 29.3 Å². The molecule has 0 aromatic heterocycles. The maximum Gasteiger partial charge on any atom is 0.417 e. The molecule has 0 fully saturated rings. The van der Waals surface area contributed by atoms with E-state index >= 15 is 0 Å². The van der Waals surface area contributed by atoms with Crippen LogP contribution in [0.5, 0.6) is 11.5 Å². The number of anilines is 1. The average Bonchev–Trinajstić information content (AvgIpc) is 2.87. The zero-order chi connectivity index (χ0) is 28.1. The predicted molar refractivity (Wildman–Crippen MR) is 137 cm³/mol. The molecule has 0 heterocycles. The van der Waals surface area contributed by atoms with E-state index in [9.17, 15) is 26.4 Å². The van der Waals surface area contributed by atoms with Gasteiger partial charge in [-0.15, -0.1) is 0 Å². The number of amides is 1. The third kappa shape index (κ3) is 6.75.